The summed E-state index contributed by atoms with van der Waals surface area (Å²) in [5, 5.41) is 0. The van der Waals surface area contributed by atoms with Crippen LogP contribution in [-0.2, 0) is 11.8 Å². The van der Waals surface area contributed by atoms with Crippen molar-refractivity contribution in [3.8, 4) is 0 Å². The Kier molecular flexibility index (Phi) is 2.20. The number of thiophene rings is 1. The molecule has 0 radical (unpaired) electrons. The lowest BCUT2D eigenvalue weighted by Crippen LogP contribution is -2.10. The molecule has 1 nitrogen and oxygen atoms in total. The van der Waals surface area contributed by atoms with E-state index in [1.165, 1.54) is 11.3 Å². The quantitative estimate of drug-likeness (QED) is 0.788. The number of hydrogen-bond donors (Lipinski definition) is 1. The summed E-state index contributed by atoms with van der Waals surface area (Å²) in [5.41, 5.74) is 6.11. The van der Waals surface area contributed by atoms with Gasteiger partial charge in [0.1, 0.15) is 0 Å². The summed E-state index contributed by atoms with van der Waals surface area (Å²) in [6.45, 7) is 5.40. The summed E-state index contributed by atoms with van der Waals surface area (Å²) in [7, 11) is 0. The van der Waals surface area contributed by atoms with Crippen LogP contribution in [-0.4, -0.2) is 6.54 Å². The Morgan fingerprint density at radius 3 is 2.85 bits per heavy atom. The fourth-order valence-corrected chi connectivity index (χ4v) is 3.16. The van der Waals surface area contributed by atoms with Crippen molar-refractivity contribution in [2.24, 2.45) is 11.7 Å². The van der Waals surface area contributed by atoms with Crippen molar-refractivity contribution in [1.82, 2.24) is 0 Å². The monoisotopic (exact) mass is 195 g/mol. The van der Waals surface area contributed by atoms with Crippen LogP contribution in [0.25, 0.3) is 0 Å². The van der Waals surface area contributed by atoms with Crippen LogP contribution in [0.15, 0.2) is 12.1 Å². The van der Waals surface area contributed by atoms with Gasteiger partial charge in [0.25, 0.3) is 0 Å². The summed E-state index contributed by atoms with van der Waals surface area (Å²) in [5.74, 6) is 0.732. The molecule has 1 aromatic heterocycles. The van der Waals surface area contributed by atoms with Gasteiger partial charge in [0, 0.05) is 15.2 Å². The molecule has 0 bridgehead atoms. The summed E-state index contributed by atoms with van der Waals surface area (Å²) >= 11 is 1.97. The van der Waals surface area contributed by atoms with Gasteiger partial charge in [-0.1, -0.05) is 13.8 Å². The molecule has 1 fully saturated rings. The maximum absolute atomic E-state index is 5.69. The largest absolute Gasteiger partial charge is 0.330 e. The Morgan fingerprint density at radius 2 is 2.38 bits per heavy atom. The molecule has 2 N–H and O–H groups in total. The molecule has 2 atom stereocenters. The van der Waals surface area contributed by atoms with Crippen molar-refractivity contribution in [1.29, 1.82) is 0 Å². The first kappa shape index (κ1) is 9.22. The third-order valence-electron chi connectivity index (χ3n) is 3.27. The van der Waals surface area contributed by atoms with Crippen molar-refractivity contribution in [3.63, 3.8) is 0 Å². The van der Waals surface area contributed by atoms with Crippen LogP contribution in [0.4, 0.5) is 0 Å². The molecule has 1 aliphatic rings. The highest BCUT2D eigenvalue weighted by Crippen LogP contribution is 2.55. The Balaban J connectivity index is 2.18. The SMILES string of the molecule is CCc1ccc(C2(C)CC2CN)s1. The second-order valence-corrected chi connectivity index (χ2v) is 5.34. The van der Waals surface area contributed by atoms with Crippen LogP contribution in [0.3, 0.4) is 0 Å². The van der Waals surface area contributed by atoms with Crippen molar-refractivity contribution in [3.05, 3.63) is 21.9 Å². The number of nitrogens with two attached hydrogens (primary N) is 1. The molecule has 72 valence electrons. The van der Waals surface area contributed by atoms with E-state index in [9.17, 15) is 0 Å². The van der Waals surface area contributed by atoms with Gasteiger partial charge in [-0.25, -0.2) is 0 Å². The molecule has 2 heteroatoms. The molecule has 2 unspecified atom stereocenters. The molecule has 0 amide bonds. The summed E-state index contributed by atoms with van der Waals surface area (Å²) in [4.78, 5) is 3.04. The van der Waals surface area contributed by atoms with E-state index in [1.54, 1.807) is 4.88 Å². The maximum atomic E-state index is 5.69. The van der Waals surface area contributed by atoms with Gasteiger partial charge in [0.15, 0.2) is 0 Å². The topological polar surface area (TPSA) is 26.0 Å². The van der Waals surface area contributed by atoms with E-state index < -0.39 is 0 Å². The zero-order valence-electron chi connectivity index (χ0n) is 8.34. The average molecular weight is 195 g/mol. The molecule has 0 aliphatic heterocycles. The molecule has 0 aromatic carbocycles. The summed E-state index contributed by atoms with van der Waals surface area (Å²) in [6.07, 6.45) is 2.45. The molecule has 1 aromatic rings. The van der Waals surface area contributed by atoms with E-state index in [4.69, 9.17) is 5.73 Å². The summed E-state index contributed by atoms with van der Waals surface area (Å²) in [6, 6.07) is 4.55. The molecule has 2 rings (SSSR count). The molecular weight excluding hydrogens is 178 g/mol. The second kappa shape index (κ2) is 3.10. The molecule has 1 aliphatic carbocycles. The van der Waals surface area contributed by atoms with E-state index >= 15 is 0 Å². The smallest absolute Gasteiger partial charge is 0.0111 e. The highest BCUT2D eigenvalue weighted by molar-refractivity contribution is 7.12. The predicted octanol–water partition coefficient (Wildman–Crippen LogP) is 2.55. The van der Waals surface area contributed by atoms with E-state index in [2.05, 4.69) is 26.0 Å². The zero-order valence-corrected chi connectivity index (χ0v) is 9.16. The fourth-order valence-electron chi connectivity index (χ4n) is 1.97. The first-order valence-corrected chi connectivity index (χ1v) is 5.81. The number of aryl methyl sites for hydroxylation is 1. The van der Waals surface area contributed by atoms with Crippen LogP contribution in [0.5, 0.6) is 0 Å². The van der Waals surface area contributed by atoms with E-state index in [1.807, 2.05) is 11.3 Å². The highest BCUT2D eigenvalue weighted by Gasteiger charge is 2.50. The zero-order chi connectivity index (χ0) is 9.47. The van der Waals surface area contributed by atoms with Crippen LogP contribution in [0, 0.1) is 5.92 Å². The molecular formula is C11H17NS. The normalized spacial score (nSPS) is 32.1. The van der Waals surface area contributed by atoms with Gasteiger partial charge in [-0.2, -0.15) is 0 Å². The number of rotatable bonds is 3. The van der Waals surface area contributed by atoms with E-state index in [0.29, 0.717) is 5.41 Å². The highest BCUT2D eigenvalue weighted by atomic mass is 32.1. The van der Waals surface area contributed by atoms with Gasteiger partial charge >= 0.3 is 0 Å². The summed E-state index contributed by atoms with van der Waals surface area (Å²) < 4.78 is 0. The van der Waals surface area contributed by atoms with Gasteiger partial charge in [-0.3, -0.25) is 0 Å². The Labute approximate surface area is 84.0 Å². The molecule has 1 heterocycles. The van der Waals surface area contributed by atoms with Crippen molar-refractivity contribution in [2.75, 3.05) is 6.54 Å². The molecule has 1 saturated carbocycles. The minimum Gasteiger partial charge on any atom is -0.330 e. The van der Waals surface area contributed by atoms with Crippen molar-refractivity contribution >= 4 is 11.3 Å². The molecule has 0 saturated heterocycles. The first-order valence-electron chi connectivity index (χ1n) is 5.00. The van der Waals surface area contributed by atoms with Crippen LogP contribution >= 0.6 is 11.3 Å². The number of hydrogen-bond acceptors (Lipinski definition) is 2. The third-order valence-corrected chi connectivity index (χ3v) is 4.78. The van der Waals surface area contributed by atoms with Crippen LogP contribution in [0.2, 0.25) is 0 Å². The van der Waals surface area contributed by atoms with Crippen LogP contribution in [0.1, 0.15) is 30.0 Å². The predicted molar refractivity (Wildman–Crippen MR) is 58.2 cm³/mol. The van der Waals surface area contributed by atoms with Gasteiger partial charge in [-0.15, -0.1) is 11.3 Å². The maximum Gasteiger partial charge on any atom is 0.0111 e. The lowest BCUT2D eigenvalue weighted by molar-refractivity contribution is 0.678. The average Bonchev–Trinajstić information content (AvgIpc) is 2.65. The standard InChI is InChI=1S/C11H17NS/c1-3-9-4-5-10(13-9)11(2)6-8(11)7-12/h4-5,8H,3,6-7,12H2,1-2H3. The van der Waals surface area contributed by atoms with Gasteiger partial charge in [0.05, 0.1) is 0 Å². The Hall–Kier alpha value is -0.340. The third kappa shape index (κ3) is 1.42. The second-order valence-electron chi connectivity index (χ2n) is 4.17. The lowest BCUT2D eigenvalue weighted by Gasteiger charge is -2.06. The Bertz CT molecular complexity index is 305. The fraction of sp³-hybridized carbons (Fsp3) is 0.636. The van der Waals surface area contributed by atoms with Crippen LogP contribution < -0.4 is 5.73 Å². The molecule has 13 heavy (non-hydrogen) atoms. The van der Waals surface area contributed by atoms with Gasteiger partial charge in [0.2, 0.25) is 0 Å². The van der Waals surface area contributed by atoms with Gasteiger partial charge in [-0.05, 0) is 37.4 Å². The Morgan fingerprint density at radius 1 is 1.62 bits per heavy atom. The van der Waals surface area contributed by atoms with Crippen molar-refractivity contribution in [2.45, 2.75) is 32.1 Å². The van der Waals surface area contributed by atoms with Crippen molar-refractivity contribution < 1.29 is 0 Å². The van der Waals surface area contributed by atoms with Gasteiger partial charge < -0.3 is 5.73 Å². The first-order chi connectivity index (χ1) is 6.20. The lowest BCUT2D eigenvalue weighted by atomic mass is 10.0. The minimum absolute atomic E-state index is 0.423. The minimum atomic E-state index is 0.423. The van der Waals surface area contributed by atoms with E-state index in [0.717, 1.165) is 18.9 Å². The molecule has 0 spiro atoms. The van der Waals surface area contributed by atoms with E-state index in [-0.39, 0.29) is 0 Å².